The third kappa shape index (κ3) is 5.67. The summed E-state index contributed by atoms with van der Waals surface area (Å²) in [5.74, 6) is -1.22. The Morgan fingerprint density at radius 1 is 1.43 bits per heavy atom. The molecule has 1 rings (SSSR count). The highest BCUT2D eigenvalue weighted by molar-refractivity contribution is 8.14. The first kappa shape index (κ1) is 19.2. The third-order valence-corrected chi connectivity index (χ3v) is 4.41. The number of hydrogen-bond acceptors (Lipinski definition) is 5. The van der Waals surface area contributed by atoms with E-state index in [1.807, 2.05) is 13.8 Å². The van der Waals surface area contributed by atoms with Crippen LogP contribution >= 0.6 is 11.8 Å². The van der Waals surface area contributed by atoms with Crippen molar-refractivity contribution in [3.63, 3.8) is 0 Å². The van der Waals surface area contributed by atoms with Crippen molar-refractivity contribution in [1.82, 2.24) is 0 Å². The van der Waals surface area contributed by atoms with E-state index >= 15 is 0 Å². The molecule has 5 nitrogen and oxygen atoms in total. The van der Waals surface area contributed by atoms with Crippen LogP contribution in [0.3, 0.4) is 0 Å². The van der Waals surface area contributed by atoms with E-state index in [0.29, 0.717) is 16.3 Å². The number of halogens is 1. The van der Waals surface area contributed by atoms with Crippen molar-refractivity contribution in [2.24, 2.45) is 16.1 Å². The van der Waals surface area contributed by atoms with Gasteiger partial charge in [0.2, 0.25) is 0 Å². The predicted molar refractivity (Wildman–Crippen MR) is 92.1 cm³/mol. The Balaban J connectivity index is 3.10. The van der Waals surface area contributed by atoms with Gasteiger partial charge in [-0.1, -0.05) is 31.7 Å². The van der Waals surface area contributed by atoms with Crippen LogP contribution < -0.4 is 4.74 Å². The largest absolute Gasteiger partial charge is 0.493 e. The van der Waals surface area contributed by atoms with E-state index in [0.717, 1.165) is 18.2 Å². The molecule has 0 bridgehead atoms. The second-order valence-corrected chi connectivity index (χ2v) is 5.93. The van der Waals surface area contributed by atoms with Gasteiger partial charge in [-0.15, -0.1) is 5.10 Å². The van der Waals surface area contributed by atoms with Crippen LogP contribution in [0.5, 0.6) is 5.75 Å². The summed E-state index contributed by atoms with van der Waals surface area (Å²) in [7, 11) is 1.39. The number of carboxylic acids is 1. The average molecular weight is 340 g/mol. The molecule has 7 heteroatoms. The van der Waals surface area contributed by atoms with Crippen LogP contribution in [0, 0.1) is 11.7 Å². The summed E-state index contributed by atoms with van der Waals surface area (Å²) in [6.45, 7) is 5.66. The zero-order chi connectivity index (χ0) is 17.4. The van der Waals surface area contributed by atoms with E-state index in [4.69, 9.17) is 9.84 Å². The maximum atomic E-state index is 13.7. The van der Waals surface area contributed by atoms with E-state index in [-0.39, 0.29) is 17.4 Å². The molecule has 1 unspecified atom stereocenters. The summed E-state index contributed by atoms with van der Waals surface area (Å²) in [5, 5.41) is 17.8. The number of aliphatic carboxylic acids is 1. The summed E-state index contributed by atoms with van der Waals surface area (Å²) in [5.41, 5.74) is 1.01. The highest BCUT2D eigenvalue weighted by Crippen LogP contribution is 2.23. The van der Waals surface area contributed by atoms with E-state index in [2.05, 4.69) is 10.2 Å². The van der Waals surface area contributed by atoms with Crippen LogP contribution in [0.4, 0.5) is 4.39 Å². The van der Waals surface area contributed by atoms with Crippen LogP contribution in [0.15, 0.2) is 28.4 Å². The fraction of sp³-hybridized carbons (Fsp3) is 0.438. The van der Waals surface area contributed by atoms with Gasteiger partial charge in [-0.25, -0.2) is 4.39 Å². The summed E-state index contributed by atoms with van der Waals surface area (Å²) < 4.78 is 18.8. The van der Waals surface area contributed by atoms with Gasteiger partial charge in [0.15, 0.2) is 11.6 Å². The number of methoxy groups -OCH3 is 1. The Kier molecular flexibility index (Phi) is 7.74. The van der Waals surface area contributed by atoms with E-state index < -0.39 is 11.8 Å². The van der Waals surface area contributed by atoms with Crippen molar-refractivity contribution >= 4 is 28.5 Å². The number of para-hydroxylation sites is 1. The average Bonchev–Trinajstić information content (AvgIpc) is 2.53. The number of ether oxygens (including phenoxy) is 1. The zero-order valence-corrected chi connectivity index (χ0v) is 14.5. The molecule has 1 aromatic rings. The van der Waals surface area contributed by atoms with E-state index in [1.165, 1.54) is 13.2 Å². The summed E-state index contributed by atoms with van der Waals surface area (Å²) in [6.07, 6.45) is 0.823. The minimum absolute atomic E-state index is 0.0684. The molecule has 1 atom stereocenters. The third-order valence-electron chi connectivity index (χ3n) is 3.24. The van der Waals surface area contributed by atoms with Gasteiger partial charge < -0.3 is 9.84 Å². The van der Waals surface area contributed by atoms with Gasteiger partial charge in [0.25, 0.3) is 0 Å². The van der Waals surface area contributed by atoms with Gasteiger partial charge in [0, 0.05) is 11.5 Å². The molecule has 0 saturated heterocycles. The summed E-state index contributed by atoms with van der Waals surface area (Å²) >= 11 is 1.15. The van der Waals surface area contributed by atoms with Crippen molar-refractivity contribution in [2.45, 2.75) is 27.2 Å². The molecule has 23 heavy (non-hydrogen) atoms. The molecule has 0 fully saturated rings. The maximum absolute atomic E-state index is 13.7. The molecule has 0 aliphatic heterocycles. The van der Waals surface area contributed by atoms with Crippen LogP contribution in [0.2, 0.25) is 0 Å². The Labute approximate surface area is 139 Å². The maximum Gasteiger partial charge on any atom is 0.313 e. The zero-order valence-electron chi connectivity index (χ0n) is 13.7. The van der Waals surface area contributed by atoms with Crippen LogP contribution in [-0.2, 0) is 4.79 Å². The molecule has 0 aliphatic rings. The minimum atomic E-state index is -0.904. The molecule has 0 radical (unpaired) electrons. The first-order valence-corrected chi connectivity index (χ1v) is 8.18. The molecule has 0 amide bonds. The normalized spacial score (nSPS) is 13.8. The lowest BCUT2D eigenvalue weighted by Crippen LogP contribution is -2.10. The fourth-order valence-corrected chi connectivity index (χ4v) is 2.58. The Bertz CT molecular complexity index is 617. The molecule has 0 spiro atoms. The SMILES string of the molecule is CCC(C)C(=NN=C(C)c1cccc(F)c1OC)SCC(=O)O. The second kappa shape index (κ2) is 9.29. The van der Waals surface area contributed by atoms with Crippen molar-refractivity contribution in [2.75, 3.05) is 12.9 Å². The van der Waals surface area contributed by atoms with Gasteiger partial charge in [-0.3, -0.25) is 4.79 Å². The van der Waals surface area contributed by atoms with Crippen LogP contribution in [0.25, 0.3) is 0 Å². The molecule has 126 valence electrons. The van der Waals surface area contributed by atoms with Crippen molar-refractivity contribution < 1.29 is 19.0 Å². The minimum Gasteiger partial charge on any atom is -0.493 e. The van der Waals surface area contributed by atoms with Crippen LogP contribution in [0.1, 0.15) is 32.8 Å². The van der Waals surface area contributed by atoms with Gasteiger partial charge in [0.05, 0.1) is 23.6 Å². The van der Waals surface area contributed by atoms with E-state index in [1.54, 1.807) is 19.1 Å². The van der Waals surface area contributed by atoms with Gasteiger partial charge in [0.1, 0.15) is 0 Å². The predicted octanol–water partition coefficient (Wildman–Crippen LogP) is 3.82. The highest BCUT2D eigenvalue weighted by Gasteiger charge is 2.13. The summed E-state index contributed by atoms with van der Waals surface area (Å²) in [4.78, 5) is 10.7. The first-order chi connectivity index (χ1) is 10.9. The fourth-order valence-electron chi connectivity index (χ4n) is 1.76. The number of carboxylic acid groups (broad SMARTS) is 1. The molecule has 0 heterocycles. The topological polar surface area (TPSA) is 71.2 Å². The second-order valence-electron chi connectivity index (χ2n) is 4.94. The molecule has 0 saturated carbocycles. The lowest BCUT2D eigenvalue weighted by molar-refractivity contribution is -0.133. The number of rotatable bonds is 7. The van der Waals surface area contributed by atoms with Gasteiger partial charge in [-0.05, 0) is 25.5 Å². The molecular formula is C16H21FN2O3S. The molecule has 0 aliphatic carbocycles. The smallest absolute Gasteiger partial charge is 0.313 e. The lowest BCUT2D eigenvalue weighted by Gasteiger charge is -2.10. The number of hydrogen-bond donors (Lipinski definition) is 1. The van der Waals surface area contributed by atoms with Gasteiger partial charge >= 0.3 is 5.97 Å². The Morgan fingerprint density at radius 3 is 2.70 bits per heavy atom. The monoisotopic (exact) mass is 340 g/mol. The number of thioether (sulfide) groups is 1. The first-order valence-electron chi connectivity index (χ1n) is 7.20. The quantitative estimate of drug-likeness (QED) is 0.465. The standard InChI is InChI=1S/C16H21FN2O3S/c1-5-10(2)16(23-9-14(20)21)19-18-11(3)12-7-6-8-13(17)15(12)22-4/h6-8,10H,5,9H2,1-4H3,(H,20,21). The van der Waals surface area contributed by atoms with Crippen molar-refractivity contribution in [1.29, 1.82) is 0 Å². The van der Waals surface area contributed by atoms with Crippen molar-refractivity contribution in [3.8, 4) is 5.75 Å². The molecule has 1 aromatic carbocycles. The summed E-state index contributed by atoms with van der Waals surface area (Å²) in [6, 6.07) is 4.58. The highest BCUT2D eigenvalue weighted by atomic mass is 32.2. The van der Waals surface area contributed by atoms with E-state index in [9.17, 15) is 9.18 Å². The Hall–Kier alpha value is -1.89. The number of nitrogens with zero attached hydrogens (tertiary/aromatic N) is 2. The number of carbonyl (C=O) groups is 1. The Morgan fingerprint density at radius 2 is 2.13 bits per heavy atom. The van der Waals surface area contributed by atoms with Crippen LogP contribution in [-0.4, -0.2) is 34.7 Å². The van der Waals surface area contributed by atoms with Gasteiger partial charge in [-0.2, -0.15) is 5.10 Å². The van der Waals surface area contributed by atoms with Crippen molar-refractivity contribution in [3.05, 3.63) is 29.6 Å². The number of benzene rings is 1. The lowest BCUT2D eigenvalue weighted by atomic mass is 10.1. The molecule has 1 N–H and O–H groups in total. The molecular weight excluding hydrogens is 319 g/mol. The molecule has 0 aromatic heterocycles.